The highest BCUT2D eigenvalue weighted by atomic mass is 35.5. The minimum Gasteiger partial charge on any atom is -0.506 e. The summed E-state index contributed by atoms with van der Waals surface area (Å²) in [5, 5.41) is 14.9. The first-order chi connectivity index (χ1) is 23.9. The third-order valence-electron chi connectivity index (χ3n) is 11.7. The summed E-state index contributed by atoms with van der Waals surface area (Å²) in [4.78, 5) is 26.1. The number of benzene rings is 3. The van der Waals surface area contributed by atoms with Gasteiger partial charge in [-0.2, -0.15) is 5.10 Å². The third-order valence-corrected chi connectivity index (χ3v) is 13.5. The molecule has 3 aromatic carbocycles. The molecule has 0 spiro atoms. The quantitative estimate of drug-likeness (QED) is 0.212. The second-order valence-corrected chi connectivity index (χ2v) is 16.3. The lowest BCUT2D eigenvalue weighted by molar-refractivity contribution is 0.0738. The van der Waals surface area contributed by atoms with Crippen molar-refractivity contribution < 1.29 is 19.4 Å². The first kappa shape index (κ1) is 35.4. The smallest absolute Gasteiger partial charge is 0.171 e. The third kappa shape index (κ3) is 6.14. The molecule has 2 saturated carbocycles. The van der Waals surface area contributed by atoms with Crippen LogP contribution in [0.4, 0.5) is 0 Å². The van der Waals surface area contributed by atoms with E-state index in [9.17, 15) is 14.7 Å². The van der Waals surface area contributed by atoms with Gasteiger partial charge >= 0.3 is 0 Å². The fourth-order valence-corrected chi connectivity index (χ4v) is 9.78. The summed E-state index contributed by atoms with van der Waals surface area (Å²) in [5.74, 6) is 1.58. The van der Waals surface area contributed by atoms with Gasteiger partial charge in [0.2, 0.25) is 0 Å². The summed E-state index contributed by atoms with van der Waals surface area (Å²) < 4.78 is 7.84. The minimum atomic E-state index is -0.382. The van der Waals surface area contributed by atoms with Crippen molar-refractivity contribution in [3.63, 3.8) is 0 Å². The van der Waals surface area contributed by atoms with Crippen molar-refractivity contribution in [3.05, 3.63) is 103 Å². The van der Waals surface area contributed by atoms with Crippen LogP contribution in [0, 0.1) is 22.7 Å². The van der Waals surface area contributed by atoms with Gasteiger partial charge in [0.1, 0.15) is 28.2 Å². The van der Waals surface area contributed by atoms with E-state index in [-0.39, 0.29) is 38.2 Å². The number of carbonyl (C=O) groups excluding carboxylic acids is 2. The molecule has 2 unspecified atom stereocenters. The van der Waals surface area contributed by atoms with Crippen molar-refractivity contribution in [1.29, 1.82) is 0 Å². The minimum absolute atomic E-state index is 0.0334. The number of nitrogens with zero attached hydrogens (tertiary/aromatic N) is 2. The van der Waals surface area contributed by atoms with Gasteiger partial charge in [0.25, 0.3) is 0 Å². The summed E-state index contributed by atoms with van der Waals surface area (Å²) in [6.07, 6.45) is 14.2. The standard InChI is InChI=1S/C25H24Cl2N2O2.C15H16Cl2O2/c1-25(18-5-2-3-6-18)14-17-13-20(22(26)23(27)21(17)24(25)30)31-15-16-7-9-19(10-8-16)29-12-4-11-28-29;1-15(9-4-2-3-5-9)7-8-6-10(18)12(16)13(17)11(8)14(15)19/h4,7-13,18H,2-3,5-6,14-15H2,1H3;6,9,18H,2-5,7H2,1H3. The summed E-state index contributed by atoms with van der Waals surface area (Å²) in [6, 6.07) is 13.4. The number of rotatable bonds is 6. The highest BCUT2D eigenvalue weighted by Gasteiger charge is 2.50. The van der Waals surface area contributed by atoms with Crippen LogP contribution in [-0.4, -0.2) is 26.5 Å². The van der Waals surface area contributed by atoms with Gasteiger partial charge in [-0.25, -0.2) is 4.68 Å². The molecular formula is C40H40Cl4N2O4. The zero-order chi connectivity index (χ0) is 35.4. The Kier molecular flexibility index (Phi) is 9.79. The molecule has 4 aromatic rings. The molecule has 2 fully saturated rings. The molecule has 50 heavy (non-hydrogen) atoms. The van der Waals surface area contributed by atoms with Crippen LogP contribution < -0.4 is 4.74 Å². The number of hydrogen-bond donors (Lipinski definition) is 1. The van der Waals surface area contributed by atoms with Gasteiger partial charge in [0.05, 0.1) is 15.7 Å². The fraction of sp³-hybridized carbons (Fsp3) is 0.425. The molecule has 0 saturated heterocycles. The van der Waals surface area contributed by atoms with Gasteiger partial charge in [-0.3, -0.25) is 9.59 Å². The number of aromatic nitrogens is 2. The van der Waals surface area contributed by atoms with E-state index >= 15 is 0 Å². The van der Waals surface area contributed by atoms with Crippen LogP contribution in [0.5, 0.6) is 11.5 Å². The lowest BCUT2D eigenvalue weighted by atomic mass is 9.73. The van der Waals surface area contributed by atoms with E-state index in [4.69, 9.17) is 51.1 Å². The van der Waals surface area contributed by atoms with Crippen LogP contribution >= 0.6 is 46.4 Å². The molecule has 4 aliphatic carbocycles. The zero-order valence-corrected chi connectivity index (χ0v) is 31.2. The first-order valence-corrected chi connectivity index (χ1v) is 19.0. The Morgan fingerprint density at radius 1 is 0.780 bits per heavy atom. The van der Waals surface area contributed by atoms with Crippen molar-refractivity contribution in [2.75, 3.05) is 0 Å². The highest BCUT2D eigenvalue weighted by Crippen LogP contribution is 2.54. The molecule has 10 heteroatoms. The van der Waals surface area contributed by atoms with Crippen molar-refractivity contribution in [1.82, 2.24) is 9.78 Å². The van der Waals surface area contributed by atoms with Crippen LogP contribution in [-0.2, 0) is 19.4 Å². The van der Waals surface area contributed by atoms with Crippen molar-refractivity contribution in [3.8, 4) is 17.2 Å². The number of hydrogen-bond acceptors (Lipinski definition) is 5. The van der Waals surface area contributed by atoms with E-state index in [0.29, 0.717) is 58.2 Å². The number of ketones is 2. The second-order valence-electron chi connectivity index (χ2n) is 14.8. The average Bonchev–Trinajstić information content (AvgIpc) is 3.95. The predicted octanol–water partition coefficient (Wildman–Crippen LogP) is 11.3. The van der Waals surface area contributed by atoms with Crippen LogP contribution in [0.3, 0.4) is 0 Å². The van der Waals surface area contributed by atoms with Crippen LogP contribution in [0.25, 0.3) is 5.69 Å². The molecule has 0 radical (unpaired) electrons. The Morgan fingerprint density at radius 3 is 1.82 bits per heavy atom. The van der Waals surface area contributed by atoms with Gasteiger partial charge in [0.15, 0.2) is 11.6 Å². The van der Waals surface area contributed by atoms with E-state index in [1.807, 2.05) is 49.5 Å². The topological polar surface area (TPSA) is 81.4 Å². The summed E-state index contributed by atoms with van der Waals surface area (Å²) >= 11 is 25.2. The van der Waals surface area contributed by atoms with E-state index < -0.39 is 0 Å². The Hall–Kier alpha value is -3.03. The molecule has 1 N–H and O–H groups in total. The maximum Gasteiger partial charge on any atom is 0.171 e. The zero-order valence-electron chi connectivity index (χ0n) is 28.2. The van der Waals surface area contributed by atoms with E-state index in [2.05, 4.69) is 12.0 Å². The Morgan fingerprint density at radius 2 is 1.30 bits per heavy atom. The van der Waals surface area contributed by atoms with E-state index in [0.717, 1.165) is 48.1 Å². The van der Waals surface area contributed by atoms with Crippen molar-refractivity contribution in [2.24, 2.45) is 22.7 Å². The van der Waals surface area contributed by atoms with Crippen LogP contribution in [0.15, 0.2) is 54.9 Å². The molecule has 0 amide bonds. The number of ether oxygens (including phenoxy) is 1. The highest BCUT2D eigenvalue weighted by molar-refractivity contribution is 6.46. The number of phenolic OH excluding ortho intramolecular Hbond substituents is 1. The molecular weight excluding hydrogens is 714 g/mol. The lowest BCUT2D eigenvalue weighted by Gasteiger charge is -2.29. The maximum absolute atomic E-state index is 13.3. The van der Waals surface area contributed by atoms with Crippen LogP contribution in [0.1, 0.15) is 103 Å². The summed E-state index contributed by atoms with van der Waals surface area (Å²) in [5.41, 5.74) is 4.15. The molecule has 1 heterocycles. The Labute approximate surface area is 313 Å². The lowest BCUT2D eigenvalue weighted by Crippen LogP contribution is -2.32. The van der Waals surface area contributed by atoms with Gasteiger partial charge in [-0.15, -0.1) is 0 Å². The molecule has 2 atom stereocenters. The number of carbonyl (C=O) groups is 2. The number of fused-ring (bicyclic) bond motifs is 2. The molecule has 0 aliphatic heterocycles. The summed E-state index contributed by atoms with van der Waals surface area (Å²) in [7, 11) is 0. The monoisotopic (exact) mass is 752 g/mol. The van der Waals surface area contributed by atoms with Crippen molar-refractivity contribution in [2.45, 2.75) is 84.7 Å². The molecule has 0 bridgehead atoms. The van der Waals surface area contributed by atoms with E-state index in [1.165, 1.54) is 25.7 Å². The molecule has 1 aromatic heterocycles. The van der Waals surface area contributed by atoms with Gasteiger partial charge in [-0.1, -0.05) is 98.1 Å². The van der Waals surface area contributed by atoms with Crippen molar-refractivity contribution >= 4 is 58.0 Å². The second kappa shape index (κ2) is 13.8. The van der Waals surface area contributed by atoms with Gasteiger partial charge in [0, 0.05) is 34.4 Å². The average molecular weight is 755 g/mol. The number of Topliss-reactive ketones (excluding diaryl/α,β-unsaturated/α-hetero) is 2. The number of phenols is 1. The number of aromatic hydroxyl groups is 1. The maximum atomic E-state index is 13.3. The molecule has 262 valence electrons. The molecule has 8 rings (SSSR count). The SMILES string of the molecule is CC1(C2CCCC2)Cc2cc(O)c(Cl)c(Cl)c2C1=O.CC1(C2CCCC2)Cc2cc(OCc3ccc(-n4cccn4)cc3)c(Cl)c(Cl)c2C1=O. The Balaban J connectivity index is 0.000000176. The van der Waals surface area contributed by atoms with Crippen LogP contribution in [0.2, 0.25) is 20.1 Å². The van der Waals surface area contributed by atoms with E-state index in [1.54, 1.807) is 16.9 Å². The Bertz CT molecular complexity index is 1950. The summed E-state index contributed by atoms with van der Waals surface area (Å²) in [6.45, 7) is 4.49. The first-order valence-electron chi connectivity index (χ1n) is 17.4. The van der Waals surface area contributed by atoms with Gasteiger partial charge < -0.3 is 9.84 Å². The van der Waals surface area contributed by atoms with Gasteiger partial charge in [-0.05, 0) is 97.4 Å². The number of halogens is 4. The fourth-order valence-electron chi connectivity index (χ4n) is 8.83. The predicted molar refractivity (Wildman–Crippen MR) is 199 cm³/mol. The normalized spacial score (nSPS) is 23.2. The molecule has 4 aliphatic rings. The molecule has 6 nitrogen and oxygen atoms in total. The largest absolute Gasteiger partial charge is 0.506 e.